The fourth-order valence-electron chi connectivity index (χ4n) is 3.60. The number of aryl methyl sites for hydroxylation is 1. The van der Waals surface area contributed by atoms with E-state index in [9.17, 15) is 10.4 Å². The van der Waals surface area contributed by atoms with Crippen molar-refractivity contribution in [1.29, 1.82) is 5.26 Å². The average Bonchev–Trinajstić information content (AvgIpc) is 3.29. The molecule has 2 aromatic heterocycles. The first-order valence-electron chi connectivity index (χ1n) is 10.1. The van der Waals surface area contributed by atoms with Crippen molar-refractivity contribution in [1.82, 2.24) is 29.5 Å². The summed E-state index contributed by atoms with van der Waals surface area (Å²) < 4.78 is 3.97. The normalized spacial score (nSPS) is 14.5. The fourth-order valence-corrected chi connectivity index (χ4v) is 4.48. The summed E-state index contributed by atoms with van der Waals surface area (Å²) >= 11 is 1.35. The van der Waals surface area contributed by atoms with Crippen LogP contribution in [0.5, 0.6) is 0 Å². The van der Waals surface area contributed by atoms with Gasteiger partial charge in [-0.1, -0.05) is 48.5 Å². The Bertz CT molecular complexity index is 1090. The number of aromatic nitrogens is 6. The molecule has 1 aliphatic heterocycles. The average molecular weight is 422 g/mol. The van der Waals surface area contributed by atoms with Crippen molar-refractivity contribution in [3.8, 4) is 17.5 Å². The number of benzene rings is 1. The van der Waals surface area contributed by atoms with Crippen LogP contribution in [0.1, 0.15) is 37.8 Å². The maximum absolute atomic E-state index is 10.7. The predicted octanol–water partition coefficient (Wildman–Crippen LogP) is 3.87. The summed E-state index contributed by atoms with van der Waals surface area (Å²) in [6.45, 7) is 3.50. The van der Waals surface area contributed by atoms with Crippen LogP contribution >= 0.6 is 11.8 Å². The van der Waals surface area contributed by atoms with Gasteiger partial charge in [0.2, 0.25) is 0 Å². The topological polar surface area (TPSA) is 105 Å². The molecule has 1 aliphatic rings. The molecule has 0 spiro atoms. The van der Waals surface area contributed by atoms with Gasteiger partial charge in [0.25, 0.3) is 0 Å². The lowest BCUT2D eigenvalue weighted by Gasteiger charge is -2.09. The molecule has 154 valence electrons. The molecule has 1 N–H and O–H groups in total. The molecule has 3 aromatic rings. The summed E-state index contributed by atoms with van der Waals surface area (Å²) in [5.41, 5.74) is 1.16. The summed E-state index contributed by atoms with van der Waals surface area (Å²) in [4.78, 5) is 0. The standard InChI is InChI=1S/C21H23N7OS/c1-2-27-19(15-9-5-3-6-10-15)24-26-21(27)30-14-17(29)16(13-22)20-25-23-18-11-7-4-8-12-28(18)20/h3,5-6,9-10,29H,2,4,7-8,11-12,14H2,1H3/b17-16-. The minimum atomic E-state index is -0.0196. The van der Waals surface area contributed by atoms with Crippen LogP contribution in [0.3, 0.4) is 0 Å². The summed E-state index contributed by atoms with van der Waals surface area (Å²) in [6, 6.07) is 12.0. The maximum atomic E-state index is 10.7. The van der Waals surface area contributed by atoms with Crippen molar-refractivity contribution in [3.05, 3.63) is 47.7 Å². The van der Waals surface area contributed by atoms with Gasteiger partial charge in [-0.15, -0.1) is 20.4 Å². The van der Waals surface area contributed by atoms with E-state index in [1.165, 1.54) is 11.8 Å². The molecule has 1 aromatic carbocycles. The highest BCUT2D eigenvalue weighted by atomic mass is 32.2. The molecule has 8 nitrogen and oxygen atoms in total. The number of nitriles is 1. The van der Waals surface area contributed by atoms with Crippen molar-refractivity contribution in [3.63, 3.8) is 0 Å². The SMILES string of the molecule is CCn1c(SC/C(O)=C(\C#N)c2nnc3n2CCCCC3)nnc1-c1ccccc1. The molecule has 0 unspecified atom stereocenters. The Kier molecular flexibility index (Phi) is 6.14. The highest BCUT2D eigenvalue weighted by Crippen LogP contribution is 2.27. The first kappa shape index (κ1) is 20.2. The van der Waals surface area contributed by atoms with Crippen molar-refractivity contribution in [2.24, 2.45) is 0 Å². The van der Waals surface area contributed by atoms with Crippen molar-refractivity contribution in [2.75, 3.05) is 5.75 Å². The molecule has 0 bridgehead atoms. The maximum Gasteiger partial charge on any atom is 0.191 e. The van der Waals surface area contributed by atoms with E-state index in [0.717, 1.165) is 49.4 Å². The number of nitrogens with zero attached hydrogens (tertiary/aromatic N) is 7. The zero-order valence-corrected chi connectivity index (χ0v) is 17.6. The smallest absolute Gasteiger partial charge is 0.191 e. The lowest BCUT2D eigenvalue weighted by atomic mass is 10.2. The van der Waals surface area contributed by atoms with Gasteiger partial charge in [-0.25, -0.2) is 0 Å². The number of fused-ring (bicyclic) bond motifs is 1. The molecule has 0 fully saturated rings. The Morgan fingerprint density at radius 1 is 1.13 bits per heavy atom. The summed E-state index contributed by atoms with van der Waals surface area (Å²) in [5, 5.41) is 38.1. The second-order valence-corrected chi connectivity index (χ2v) is 7.98. The van der Waals surface area contributed by atoms with Crippen LogP contribution in [0.15, 0.2) is 41.2 Å². The Balaban J connectivity index is 1.58. The van der Waals surface area contributed by atoms with Crippen LogP contribution in [-0.2, 0) is 19.5 Å². The van der Waals surface area contributed by atoms with E-state index < -0.39 is 0 Å². The lowest BCUT2D eigenvalue weighted by molar-refractivity contribution is 0.419. The number of hydrogen-bond acceptors (Lipinski definition) is 7. The molecule has 0 saturated heterocycles. The number of rotatable bonds is 6. The molecular formula is C21H23N7OS. The van der Waals surface area contributed by atoms with E-state index in [2.05, 4.69) is 26.5 Å². The second-order valence-electron chi connectivity index (χ2n) is 7.04. The van der Waals surface area contributed by atoms with E-state index in [1.807, 2.05) is 46.4 Å². The van der Waals surface area contributed by atoms with Crippen molar-refractivity contribution >= 4 is 17.3 Å². The Morgan fingerprint density at radius 3 is 2.73 bits per heavy atom. The van der Waals surface area contributed by atoms with Crippen LogP contribution < -0.4 is 0 Å². The van der Waals surface area contributed by atoms with Crippen LogP contribution in [-0.4, -0.2) is 40.4 Å². The van der Waals surface area contributed by atoms with Gasteiger partial charge in [0.15, 0.2) is 16.8 Å². The Hall–Kier alpha value is -3.12. The van der Waals surface area contributed by atoms with Gasteiger partial charge >= 0.3 is 0 Å². The van der Waals surface area contributed by atoms with E-state index >= 15 is 0 Å². The molecule has 4 rings (SSSR count). The molecular weight excluding hydrogens is 398 g/mol. The summed E-state index contributed by atoms with van der Waals surface area (Å²) in [6.07, 6.45) is 4.08. The zero-order valence-electron chi connectivity index (χ0n) is 16.8. The first-order chi connectivity index (χ1) is 14.7. The van der Waals surface area contributed by atoms with E-state index in [4.69, 9.17) is 0 Å². The molecule has 30 heavy (non-hydrogen) atoms. The van der Waals surface area contributed by atoms with Crippen LogP contribution in [0.4, 0.5) is 0 Å². The number of thioether (sulfide) groups is 1. The largest absolute Gasteiger partial charge is 0.510 e. The van der Waals surface area contributed by atoms with Crippen molar-refractivity contribution < 1.29 is 5.11 Å². The third-order valence-electron chi connectivity index (χ3n) is 5.14. The molecule has 9 heteroatoms. The number of aliphatic hydroxyl groups excluding tert-OH is 1. The Morgan fingerprint density at radius 2 is 1.97 bits per heavy atom. The fraction of sp³-hybridized carbons (Fsp3) is 0.381. The van der Waals surface area contributed by atoms with E-state index in [-0.39, 0.29) is 17.1 Å². The quantitative estimate of drug-likeness (QED) is 0.366. The summed E-state index contributed by atoms with van der Waals surface area (Å²) in [5.74, 6) is 2.31. The minimum absolute atomic E-state index is 0.0196. The third-order valence-corrected chi connectivity index (χ3v) is 6.11. The number of hydrogen-bond donors (Lipinski definition) is 1. The van der Waals surface area contributed by atoms with Crippen LogP contribution in [0.25, 0.3) is 17.0 Å². The van der Waals surface area contributed by atoms with E-state index in [0.29, 0.717) is 17.5 Å². The molecule has 0 atom stereocenters. The second kappa shape index (κ2) is 9.13. The first-order valence-corrected chi connectivity index (χ1v) is 11.1. The van der Waals surface area contributed by atoms with Gasteiger partial charge in [-0.3, -0.25) is 0 Å². The molecule has 0 saturated carbocycles. The van der Waals surface area contributed by atoms with Crippen LogP contribution in [0.2, 0.25) is 0 Å². The number of allylic oxidation sites excluding steroid dienone is 1. The third kappa shape index (κ3) is 3.96. The predicted molar refractivity (Wildman–Crippen MR) is 115 cm³/mol. The minimum Gasteiger partial charge on any atom is -0.510 e. The Labute approximate surface area is 179 Å². The molecule has 0 aliphatic carbocycles. The van der Waals surface area contributed by atoms with Gasteiger partial charge in [-0.2, -0.15) is 5.26 Å². The highest BCUT2D eigenvalue weighted by molar-refractivity contribution is 7.99. The van der Waals surface area contributed by atoms with Gasteiger partial charge in [0.1, 0.15) is 23.2 Å². The number of aliphatic hydroxyl groups is 1. The highest BCUT2D eigenvalue weighted by Gasteiger charge is 2.21. The summed E-state index contributed by atoms with van der Waals surface area (Å²) in [7, 11) is 0. The van der Waals surface area contributed by atoms with Gasteiger partial charge in [0.05, 0.1) is 5.75 Å². The van der Waals surface area contributed by atoms with Gasteiger partial charge in [-0.05, 0) is 19.8 Å². The van der Waals surface area contributed by atoms with Crippen LogP contribution in [0, 0.1) is 11.3 Å². The lowest BCUT2D eigenvalue weighted by Crippen LogP contribution is -2.07. The van der Waals surface area contributed by atoms with Gasteiger partial charge in [0, 0.05) is 25.1 Å². The van der Waals surface area contributed by atoms with Gasteiger partial charge < -0.3 is 14.2 Å². The molecule has 3 heterocycles. The zero-order chi connectivity index (χ0) is 20.9. The van der Waals surface area contributed by atoms with Crippen molar-refractivity contribution in [2.45, 2.75) is 50.9 Å². The monoisotopic (exact) mass is 421 g/mol. The molecule has 0 radical (unpaired) electrons. The van der Waals surface area contributed by atoms with E-state index in [1.54, 1.807) is 0 Å². The molecule has 0 amide bonds.